The number of hydrogen-bond donors (Lipinski definition) is 0. The van der Waals surface area contributed by atoms with Crippen LogP contribution in [0.2, 0.25) is 0 Å². The molecule has 0 saturated carbocycles. The Morgan fingerprint density at radius 2 is 2.20 bits per heavy atom. The van der Waals surface area contributed by atoms with Gasteiger partial charge in [0.25, 0.3) is 0 Å². The summed E-state index contributed by atoms with van der Waals surface area (Å²) in [6.45, 7) is 1.46. The average molecular weight is 288 g/mol. The fourth-order valence-corrected chi connectivity index (χ4v) is 2.46. The highest BCUT2D eigenvalue weighted by Crippen LogP contribution is 2.06. The van der Waals surface area contributed by atoms with Gasteiger partial charge in [-0.15, -0.1) is 0 Å². The third-order valence-corrected chi connectivity index (χ3v) is 3.48. The first-order chi connectivity index (χ1) is 9.63. The van der Waals surface area contributed by atoms with E-state index in [-0.39, 0.29) is 0 Å². The lowest BCUT2D eigenvalue weighted by Crippen LogP contribution is -2.22. The van der Waals surface area contributed by atoms with Gasteiger partial charge in [-0.25, -0.2) is 4.68 Å². The van der Waals surface area contributed by atoms with Crippen LogP contribution in [0.4, 0.5) is 0 Å². The van der Waals surface area contributed by atoms with E-state index in [9.17, 15) is 0 Å². The Bertz CT molecular complexity index is 783. The van der Waals surface area contributed by atoms with Gasteiger partial charge >= 0.3 is 0 Å². The molecule has 0 N–H and O–H groups in total. The van der Waals surface area contributed by atoms with Gasteiger partial charge in [0.1, 0.15) is 0 Å². The first kappa shape index (κ1) is 13.0. The Morgan fingerprint density at radius 3 is 2.90 bits per heavy atom. The Morgan fingerprint density at radius 1 is 1.35 bits per heavy atom. The molecule has 0 fully saturated rings. The summed E-state index contributed by atoms with van der Waals surface area (Å²) < 4.78 is 6.26. The molecule has 20 heavy (non-hydrogen) atoms. The van der Waals surface area contributed by atoms with Crippen LogP contribution in [0.15, 0.2) is 36.8 Å². The van der Waals surface area contributed by atoms with Crippen molar-refractivity contribution in [1.29, 1.82) is 0 Å². The standard InChI is InChI=1S/C13H16N6S/c1-16(8-11-7-14-17(2)9-11)10-19-13(20)18-6-4-3-5-12(18)15-19/h3-7,9H,8,10H2,1-2H3. The predicted molar refractivity (Wildman–Crippen MR) is 78.7 cm³/mol. The van der Waals surface area contributed by atoms with E-state index in [0.717, 1.165) is 12.2 Å². The number of fused-ring (bicyclic) bond motifs is 1. The second kappa shape index (κ2) is 5.18. The topological polar surface area (TPSA) is 43.3 Å². The Kier molecular flexibility index (Phi) is 3.37. The third kappa shape index (κ3) is 2.50. The van der Waals surface area contributed by atoms with Gasteiger partial charge in [-0.1, -0.05) is 6.07 Å². The molecular weight excluding hydrogens is 272 g/mol. The van der Waals surface area contributed by atoms with Crippen molar-refractivity contribution in [2.75, 3.05) is 7.05 Å². The van der Waals surface area contributed by atoms with Crippen molar-refractivity contribution in [2.45, 2.75) is 13.2 Å². The molecule has 0 aliphatic heterocycles. The molecule has 0 aliphatic rings. The lowest BCUT2D eigenvalue weighted by molar-refractivity contribution is 0.244. The van der Waals surface area contributed by atoms with E-state index in [1.165, 1.54) is 5.56 Å². The second-order valence-corrected chi connectivity index (χ2v) is 5.25. The van der Waals surface area contributed by atoms with Crippen molar-refractivity contribution in [3.05, 3.63) is 47.1 Å². The molecule has 104 valence electrons. The zero-order chi connectivity index (χ0) is 14.1. The predicted octanol–water partition coefficient (Wildman–Crippen LogP) is 1.69. The maximum absolute atomic E-state index is 5.43. The molecule has 3 rings (SSSR count). The van der Waals surface area contributed by atoms with Crippen LogP contribution in [0.25, 0.3) is 5.65 Å². The lowest BCUT2D eigenvalue weighted by Gasteiger charge is -2.14. The zero-order valence-corrected chi connectivity index (χ0v) is 12.3. The van der Waals surface area contributed by atoms with Crippen LogP contribution in [0.1, 0.15) is 5.56 Å². The summed E-state index contributed by atoms with van der Waals surface area (Å²) in [7, 11) is 3.96. The molecule has 7 heteroatoms. The minimum atomic E-state index is 0.648. The molecule has 0 unspecified atom stereocenters. The monoisotopic (exact) mass is 288 g/mol. The van der Waals surface area contributed by atoms with Crippen LogP contribution >= 0.6 is 12.2 Å². The Hall–Kier alpha value is -1.99. The smallest absolute Gasteiger partial charge is 0.203 e. The van der Waals surface area contributed by atoms with Crippen molar-refractivity contribution < 1.29 is 0 Å². The van der Waals surface area contributed by atoms with Crippen LogP contribution in [0, 0.1) is 4.77 Å². The minimum Gasteiger partial charge on any atom is -0.283 e. The molecule has 0 aliphatic carbocycles. The summed E-state index contributed by atoms with van der Waals surface area (Å²) in [6.07, 6.45) is 5.82. The molecule has 0 spiro atoms. The normalized spacial score (nSPS) is 11.6. The summed E-state index contributed by atoms with van der Waals surface area (Å²) in [5.41, 5.74) is 2.04. The van der Waals surface area contributed by atoms with E-state index in [1.807, 2.05) is 60.0 Å². The van der Waals surface area contributed by atoms with E-state index < -0.39 is 0 Å². The van der Waals surface area contributed by atoms with Gasteiger partial charge < -0.3 is 0 Å². The average Bonchev–Trinajstić information content (AvgIpc) is 2.95. The van der Waals surface area contributed by atoms with Gasteiger partial charge in [0, 0.05) is 31.5 Å². The fraction of sp³-hybridized carbons (Fsp3) is 0.308. The number of hydrogen-bond acceptors (Lipinski definition) is 4. The fourth-order valence-electron chi connectivity index (χ4n) is 2.20. The van der Waals surface area contributed by atoms with E-state index in [4.69, 9.17) is 12.2 Å². The number of aromatic nitrogens is 5. The molecule has 0 bridgehead atoms. The maximum atomic E-state index is 5.43. The highest BCUT2D eigenvalue weighted by molar-refractivity contribution is 7.71. The SMILES string of the molecule is CN(Cc1cnn(C)c1)Cn1nc2ccccn2c1=S. The minimum absolute atomic E-state index is 0.648. The summed E-state index contributed by atoms with van der Waals surface area (Å²) >= 11 is 5.43. The molecule has 0 atom stereocenters. The van der Waals surface area contributed by atoms with E-state index in [2.05, 4.69) is 15.1 Å². The molecule has 0 saturated heterocycles. The summed E-state index contributed by atoms with van der Waals surface area (Å²) in [5.74, 6) is 0. The highest BCUT2D eigenvalue weighted by atomic mass is 32.1. The van der Waals surface area contributed by atoms with Crippen LogP contribution in [-0.4, -0.2) is 35.9 Å². The Labute approximate surface area is 121 Å². The first-order valence-corrected chi connectivity index (χ1v) is 6.74. The van der Waals surface area contributed by atoms with Crippen LogP contribution in [0.3, 0.4) is 0 Å². The van der Waals surface area contributed by atoms with Crippen molar-refractivity contribution in [1.82, 2.24) is 28.9 Å². The van der Waals surface area contributed by atoms with Gasteiger partial charge in [-0.05, 0) is 31.4 Å². The first-order valence-electron chi connectivity index (χ1n) is 6.34. The molecular formula is C13H16N6S. The van der Waals surface area contributed by atoms with Gasteiger partial charge in [0.05, 0.1) is 12.9 Å². The van der Waals surface area contributed by atoms with Crippen molar-refractivity contribution in [3.63, 3.8) is 0 Å². The molecule has 0 amide bonds. The highest BCUT2D eigenvalue weighted by Gasteiger charge is 2.07. The molecule has 3 aromatic rings. The lowest BCUT2D eigenvalue weighted by atomic mass is 10.3. The number of pyridine rings is 1. The van der Waals surface area contributed by atoms with Crippen LogP contribution < -0.4 is 0 Å². The zero-order valence-electron chi connectivity index (χ0n) is 11.5. The van der Waals surface area contributed by atoms with Gasteiger partial charge in [0.15, 0.2) is 5.65 Å². The number of aryl methyl sites for hydroxylation is 1. The molecule has 0 radical (unpaired) electrons. The summed E-state index contributed by atoms with van der Waals surface area (Å²) in [4.78, 5) is 2.15. The van der Waals surface area contributed by atoms with Gasteiger partial charge in [-0.2, -0.15) is 10.2 Å². The van der Waals surface area contributed by atoms with Crippen LogP contribution in [-0.2, 0) is 20.3 Å². The molecule has 3 aromatic heterocycles. The summed E-state index contributed by atoms with van der Waals surface area (Å²) in [6, 6.07) is 5.86. The van der Waals surface area contributed by atoms with Crippen molar-refractivity contribution in [3.8, 4) is 0 Å². The molecule has 3 heterocycles. The van der Waals surface area contributed by atoms with Gasteiger partial charge in [-0.3, -0.25) is 14.0 Å². The molecule has 6 nitrogen and oxygen atoms in total. The second-order valence-electron chi connectivity index (χ2n) is 4.89. The van der Waals surface area contributed by atoms with E-state index in [0.29, 0.717) is 11.4 Å². The Balaban J connectivity index is 1.79. The van der Waals surface area contributed by atoms with Crippen LogP contribution in [0.5, 0.6) is 0 Å². The number of nitrogens with zero attached hydrogens (tertiary/aromatic N) is 6. The third-order valence-electron chi connectivity index (χ3n) is 3.07. The van der Waals surface area contributed by atoms with Gasteiger partial charge in [0.2, 0.25) is 4.77 Å². The largest absolute Gasteiger partial charge is 0.283 e. The molecule has 0 aromatic carbocycles. The maximum Gasteiger partial charge on any atom is 0.203 e. The van der Waals surface area contributed by atoms with E-state index in [1.54, 1.807) is 4.68 Å². The van der Waals surface area contributed by atoms with Crippen molar-refractivity contribution in [2.24, 2.45) is 7.05 Å². The summed E-state index contributed by atoms with van der Waals surface area (Å²) in [5, 5.41) is 8.68. The number of rotatable bonds is 4. The van der Waals surface area contributed by atoms with E-state index >= 15 is 0 Å². The quantitative estimate of drug-likeness (QED) is 0.685. The van der Waals surface area contributed by atoms with Crippen molar-refractivity contribution >= 4 is 17.9 Å².